The summed E-state index contributed by atoms with van der Waals surface area (Å²) in [6.45, 7) is 5.05. The number of carboxylic acid groups (broad SMARTS) is 1. The highest BCUT2D eigenvalue weighted by Gasteiger charge is 2.19. The molecule has 5 nitrogen and oxygen atoms in total. The number of carbonyl (C=O) groups excluding carboxylic acids is 1. The lowest BCUT2D eigenvalue weighted by Gasteiger charge is -2.20. The van der Waals surface area contributed by atoms with E-state index in [1.54, 1.807) is 43.4 Å². The largest absolute Gasteiger partial charge is 0.478 e. The van der Waals surface area contributed by atoms with Crippen molar-refractivity contribution in [3.8, 4) is 0 Å². The van der Waals surface area contributed by atoms with Gasteiger partial charge in [0.2, 0.25) is 0 Å². The molecule has 104 valence electrons. The van der Waals surface area contributed by atoms with E-state index in [9.17, 15) is 14.0 Å². The molecule has 1 rings (SSSR count). The minimum absolute atomic E-state index is 0.0974. The third-order valence-electron chi connectivity index (χ3n) is 1.92. The van der Waals surface area contributed by atoms with Gasteiger partial charge in [-0.2, -0.15) is 0 Å². The molecule has 0 fully saturated rings. The average Bonchev–Trinajstić information content (AvgIpc) is 2.20. The van der Waals surface area contributed by atoms with Crippen molar-refractivity contribution in [1.29, 1.82) is 0 Å². The molecular weight excluding hydrogens is 368 g/mol. The standard InChI is InChI=1S/C12H13FINO4/c1-12(2,3)19-11(18)15-9-7(13)4-6(10(16)17)5-8(9)14/h4-5H,1-3H3,(H,15,18)(H,16,17). The molecule has 0 saturated heterocycles. The molecule has 0 unspecified atom stereocenters. The number of hydrogen-bond acceptors (Lipinski definition) is 3. The number of ether oxygens (including phenoxy) is 1. The van der Waals surface area contributed by atoms with Crippen LogP contribution in [0.4, 0.5) is 14.9 Å². The van der Waals surface area contributed by atoms with Gasteiger partial charge in [-0.05, 0) is 55.5 Å². The lowest BCUT2D eigenvalue weighted by Crippen LogP contribution is -2.27. The fourth-order valence-electron chi connectivity index (χ4n) is 1.22. The van der Waals surface area contributed by atoms with Crippen molar-refractivity contribution in [1.82, 2.24) is 0 Å². The fourth-order valence-corrected chi connectivity index (χ4v) is 1.95. The average molecular weight is 381 g/mol. The molecule has 2 N–H and O–H groups in total. The maximum Gasteiger partial charge on any atom is 0.412 e. The minimum Gasteiger partial charge on any atom is -0.478 e. The number of nitrogens with one attached hydrogen (secondary N) is 1. The van der Waals surface area contributed by atoms with Crippen molar-refractivity contribution in [3.05, 3.63) is 27.1 Å². The van der Waals surface area contributed by atoms with E-state index in [2.05, 4.69) is 5.32 Å². The van der Waals surface area contributed by atoms with Crippen molar-refractivity contribution >= 4 is 40.3 Å². The monoisotopic (exact) mass is 381 g/mol. The van der Waals surface area contributed by atoms with Crippen LogP contribution in [0.25, 0.3) is 0 Å². The second-order valence-electron chi connectivity index (χ2n) is 4.75. The molecule has 0 aliphatic rings. The number of amides is 1. The van der Waals surface area contributed by atoms with E-state index >= 15 is 0 Å². The van der Waals surface area contributed by atoms with Crippen LogP contribution in [-0.2, 0) is 4.74 Å². The second kappa shape index (κ2) is 5.72. The van der Waals surface area contributed by atoms with E-state index < -0.39 is 23.5 Å². The van der Waals surface area contributed by atoms with Gasteiger partial charge >= 0.3 is 12.1 Å². The molecule has 0 saturated carbocycles. The third-order valence-corrected chi connectivity index (χ3v) is 2.77. The van der Waals surface area contributed by atoms with E-state index in [4.69, 9.17) is 9.84 Å². The summed E-state index contributed by atoms with van der Waals surface area (Å²) in [7, 11) is 0. The first-order chi connectivity index (χ1) is 8.60. The molecule has 0 aromatic heterocycles. The molecule has 1 amide bonds. The molecule has 0 atom stereocenters. The van der Waals surface area contributed by atoms with Crippen LogP contribution in [0, 0.1) is 9.39 Å². The van der Waals surface area contributed by atoms with Gasteiger partial charge < -0.3 is 9.84 Å². The topological polar surface area (TPSA) is 75.6 Å². The van der Waals surface area contributed by atoms with Gasteiger partial charge in [0.05, 0.1) is 11.3 Å². The first kappa shape index (κ1) is 15.7. The third kappa shape index (κ3) is 4.66. The van der Waals surface area contributed by atoms with Gasteiger partial charge in [-0.1, -0.05) is 0 Å². The van der Waals surface area contributed by atoms with Gasteiger partial charge in [0.15, 0.2) is 0 Å². The number of hydrogen-bond donors (Lipinski definition) is 2. The van der Waals surface area contributed by atoms with Crippen LogP contribution in [0.2, 0.25) is 0 Å². The van der Waals surface area contributed by atoms with Crippen molar-refractivity contribution in [2.75, 3.05) is 5.32 Å². The Morgan fingerprint density at radius 2 is 1.95 bits per heavy atom. The summed E-state index contributed by atoms with van der Waals surface area (Å²) in [5, 5.41) is 11.0. The van der Waals surface area contributed by atoms with Gasteiger partial charge in [-0.15, -0.1) is 0 Å². The summed E-state index contributed by atoms with van der Waals surface area (Å²) >= 11 is 1.74. The highest BCUT2D eigenvalue weighted by atomic mass is 127. The predicted molar refractivity (Wildman–Crippen MR) is 75.9 cm³/mol. The fraction of sp³-hybridized carbons (Fsp3) is 0.333. The lowest BCUT2D eigenvalue weighted by atomic mass is 10.2. The van der Waals surface area contributed by atoms with Gasteiger partial charge in [-0.25, -0.2) is 14.0 Å². The van der Waals surface area contributed by atoms with E-state index in [-0.39, 0.29) is 14.8 Å². The lowest BCUT2D eigenvalue weighted by molar-refractivity contribution is 0.0634. The Morgan fingerprint density at radius 1 is 1.37 bits per heavy atom. The van der Waals surface area contributed by atoms with Gasteiger partial charge in [0, 0.05) is 3.57 Å². The van der Waals surface area contributed by atoms with E-state index in [0.29, 0.717) is 0 Å². The second-order valence-corrected chi connectivity index (χ2v) is 5.91. The summed E-state index contributed by atoms with van der Waals surface area (Å²) in [5.74, 6) is -2.06. The summed E-state index contributed by atoms with van der Waals surface area (Å²) in [5.41, 5.74) is -0.982. The number of benzene rings is 1. The van der Waals surface area contributed by atoms with Crippen LogP contribution in [0.3, 0.4) is 0 Å². The van der Waals surface area contributed by atoms with Gasteiger partial charge in [0.25, 0.3) is 0 Å². The van der Waals surface area contributed by atoms with Crippen LogP contribution >= 0.6 is 22.6 Å². The van der Waals surface area contributed by atoms with Gasteiger partial charge in [-0.3, -0.25) is 5.32 Å². The number of aromatic carboxylic acids is 1. The smallest absolute Gasteiger partial charge is 0.412 e. The van der Waals surface area contributed by atoms with Crippen molar-refractivity contribution < 1.29 is 23.8 Å². The molecule has 7 heteroatoms. The summed E-state index contributed by atoms with van der Waals surface area (Å²) in [6.07, 6.45) is -0.799. The number of halogens is 2. The number of carbonyl (C=O) groups is 2. The molecule has 0 spiro atoms. The van der Waals surface area contributed by atoms with Crippen LogP contribution in [0.15, 0.2) is 12.1 Å². The first-order valence-electron chi connectivity index (χ1n) is 5.32. The zero-order valence-electron chi connectivity index (χ0n) is 10.6. The molecule has 0 heterocycles. The quantitative estimate of drug-likeness (QED) is 0.770. The Bertz CT molecular complexity index is 502. The van der Waals surface area contributed by atoms with E-state index in [1.165, 1.54) is 6.07 Å². The Morgan fingerprint density at radius 3 is 2.37 bits per heavy atom. The van der Waals surface area contributed by atoms with Gasteiger partial charge in [0.1, 0.15) is 11.4 Å². The number of anilines is 1. The Balaban J connectivity index is 2.97. The number of rotatable bonds is 2. The normalized spacial score (nSPS) is 11.0. The summed E-state index contributed by atoms with van der Waals surface area (Å²) < 4.78 is 19.0. The molecule has 0 aliphatic carbocycles. The molecule has 0 radical (unpaired) electrons. The SMILES string of the molecule is CC(C)(C)OC(=O)Nc1c(F)cc(C(=O)O)cc1I. The molecule has 0 bridgehead atoms. The maximum absolute atomic E-state index is 13.7. The molecule has 1 aromatic carbocycles. The first-order valence-corrected chi connectivity index (χ1v) is 6.40. The molecule has 19 heavy (non-hydrogen) atoms. The zero-order valence-corrected chi connectivity index (χ0v) is 12.7. The van der Waals surface area contributed by atoms with E-state index in [0.717, 1.165) is 6.07 Å². The van der Waals surface area contributed by atoms with Crippen molar-refractivity contribution in [3.63, 3.8) is 0 Å². The predicted octanol–water partition coefficient (Wildman–Crippen LogP) is 3.48. The van der Waals surface area contributed by atoms with Crippen LogP contribution in [0.1, 0.15) is 31.1 Å². The van der Waals surface area contributed by atoms with E-state index in [1.807, 2.05) is 0 Å². The summed E-state index contributed by atoms with van der Waals surface area (Å²) in [4.78, 5) is 22.3. The maximum atomic E-state index is 13.7. The Hall–Kier alpha value is -1.38. The van der Waals surface area contributed by atoms with Crippen molar-refractivity contribution in [2.45, 2.75) is 26.4 Å². The Kier molecular flexibility index (Phi) is 4.72. The Labute approximate surface area is 123 Å². The highest BCUT2D eigenvalue weighted by molar-refractivity contribution is 14.1. The van der Waals surface area contributed by atoms with Crippen LogP contribution in [0.5, 0.6) is 0 Å². The van der Waals surface area contributed by atoms with Crippen LogP contribution < -0.4 is 5.32 Å². The summed E-state index contributed by atoms with van der Waals surface area (Å²) in [6, 6.07) is 2.11. The number of carboxylic acids is 1. The molecular formula is C12H13FINO4. The van der Waals surface area contributed by atoms with Crippen molar-refractivity contribution in [2.24, 2.45) is 0 Å². The van der Waals surface area contributed by atoms with Crippen LogP contribution in [-0.4, -0.2) is 22.8 Å². The zero-order chi connectivity index (χ0) is 14.8. The highest BCUT2D eigenvalue weighted by Crippen LogP contribution is 2.24. The minimum atomic E-state index is -1.24. The molecule has 0 aliphatic heterocycles. The molecule has 1 aromatic rings.